The molecule has 0 aliphatic carbocycles. The summed E-state index contributed by atoms with van der Waals surface area (Å²) in [6, 6.07) is 18.1. The number of carbonyl (C=O) groups excluding carboxylic acids is 2. The van der Waals surface area contributed by atoms with Gasteiger partial charge in [0.1, 0.15) is 0 Å². The molecule has 3 heterocycles. The fraction of sp³-hybridized carbons (Fsp3) is 0.265. The standard InChI is InChI=1S/C34H28F3N5O4/c1-38-25-7-4-6-23(18-25)19-39-17-14-29-28(21-39)32(45)42(20-22-10-12-24(13-11-22)34(35,36)37)33(46)40(29)15-5-16-41-30(43)26-8-2-3-9-27(26)31(41)44/h2-4,6-13,18H,5,14-17,19-21H2. The predicted molar refractivity (Wildman–Crippen MR) is 162 cm³/mol. The lowest BCUT2D eigenvalue weighted by Crippen LogP contribution is -2.48. The maximum Gasteiger partial charge on any atom is 0.416 e. The second kappa shape index (κ2) is 12.3. The number of carbonyl (C=O) groups is 2. The van der Waals surface area contributed by atoms with E-state index in [0.717, 1.165) is 27.2 Å². The van der Waals surface area contributed by atoms with Gasteiger partial charge in [0.05, 0.1) is 35.4 Å². The van der Waals surface area contributed by atoms with Gasteiger partial charge in [0.25, 0.3) is 17.4 Å². The van der Waals surface area contributed by atoms with Gasteiger partial charge in [-0.15, -0.1) is 0 Å². The second-order valence-electron chi connectivity index (χ2n) is 11.3. The van der Waals surface area contributed by atoms with E-state index in [1.165, 1.54) is 16.7 Å². The van der Waals surface area contributed by atoms with Gasteiger partial charge < -0.3 is 0 Å². The molecule has 3 aromatic carbocycles. The zero-order chi connectivity index (χ0) is 32.6. The molecule has 0 fully saturated rings. The van der Waals surface area contributed by atoms with Crippen LogP contribution < -0.4 is 11.2 Å². The number of amides is 2. The van der Waals surface area contributed by atoms with Crippen molar-refractivity contribution in [1.82, 2.24) is 18.9 Å². The SMILES string of the molecule is [C-]#[N+]c1cccc(CN2CCc3c(c(=O)n(Cc4ccc(C(F)(F)F)cc4)c(=O)n3CCCN3C(=O)c4ccccc4C3=O)C2)c1. The second-order valence-corrected chi connectivity index (χ2v) is 11.3. The summed E-state index contributed by atoms with van der Waals surface area (Å²) in [5, 5.41) is 0. The molecular formula is C34H28F3N5O4. The van der Waals surface area contributed by atoms with Crippen molar-refractivity contribution in [2.75, 3.05) is 13.1 Å². The first-order valence-electron chi connectivity index (χ1n) is 14.7. The van der Waals surface area contributed by atoms with E-state index >= 15 is 0 Å². The van der Waals surface area contributed by atoms with E-state index in [9.17, 15) is 32.3 Å². The molecule has 0 radical (unpaired) electrons. The van der Waals surface area contributed by atoms with Crippen LogP contribution in [0.1, 0.15) is 55.1 Å². The Morgan fingerprint density at radius 1 is 0.783 bits per heavy atom. The van der Waals surface area contributed by atoms with Crippen LogP contribution in [0.15, 0.2) is 82.4 Å². The number of hydrogen-bond acceptors (Lipinski definition) is 5. The molecule has 12 heteroatoms. The Balaban J connectivity index is 1.30. The number of imide groups is 1. The lowest BCUT2D eigenvalue weighted by Gasteiger charge is -2.31. The molecule has 0 saturated heterocycles. The van der Waals surface area contributed by atoms with Crippen LogP contribution in [-0.2, 0) is 38.8 Å². The van der Waals surface area contributed by atoms with Crippen LogP contribution >= 0.6 is 0 Å². The average Bonchev–Trinajstić information content (AvgIpc) is 3.29. The number of alkyl halides is 3. The number of nitrogens with zero attached hydrogens (tertiary/aromatic N) is 5. The predicted octanol–water partition coefficient (Wildman–Crippen LogP) is 4.87. The summed E-state index contributed by atoms with van der Waals surface area (Å²) < 4.78 is 41.9. The van der Waals surface area contributed by atoms with Crippen LogP contribution in [0.5, 0.6) is 0 Å². The lowest BCUT2D eigenvalue weighted by molar-refractivity contribution is -0.137. The molecule has 46 heavy (non-hydrogen) atoms. The van der Waals surface area contributed by atoms with Gasteiger partial charge in [0.15, 0.2) is 5.69 Å². The fourth-order valence-corrected chi connectivity index (χ4v) is 6.11. The van der Waals surface area contributed by atoms with E-state index in [4.69, 9.17) is 6.57 Å². The minimum absolute atomic E-state index is 0.0646. The highest BCUT2D eigenvalue weighted by Gasteiger charge is 2.35. The van der Waals surface area contributed by atoms with E-state index in [2.05, 4.69) is 4.85 Å². The maximum absolute atomic E-state index is 13.8. The van der Waals surface area contributed by atoms with Gasteiger partial charge >= 0.3 is 11.9 Å². The molecule has 0 N–H and O–H groups in total. The minimum Gasteiger partial charge on any atom is -0.297 e. The Labute approximate surface area is 261 Å². The first kappa shape index (κ1) is 30.7. The van der Waals surface area contributed by atoms with Crippen molar-refractivity contribution in [2.45, 2.75) is 45.2 Å². The normalized spacial score (nSPS) is 14.7. The Bertz CT molecular complexity index is 1970. The van der Waals surface area contributed by atoms with E-state index in [0.29, 0.717) is 53.1 Å². The molecule has 0 bridgehead atoms. The highest BCUT2D eigenvalue weighted by atomic mass is 19.4. The molecule has 0 atom stereocenters. The van der Waals surface area contributed by atoms with E-state index in [-0.39, 0.29) is 32.6 Å². The molecule has 0 spiro atoms. The summed E-state index contributed by atoms with van der Waals surface area (Å²) in [5.41, 5.74) is 1.42. The third kappa shape index (κ3) is 5.89. The maximum atomic E-state index is 13.8. The van der Waals surface area contributed by atoms with Gasteiger partial charge in [-0.2, -0.15) is 13.2 Å². The fourth-order valence-electron chi connectivity index (χ4n) is 6.11. The van der Waals surface area contributed by atoms with Crippen LogP contribution in [0.3, 0.4) is 0 Å². The molecule has 2 aliphatic rings. The minimum atomic E-state index is -4.52. The molecule has 1 aromatic heterocycles. The summed E-state index contributed by atoms with van der Waals surface area (Å²) in [6.07, 6.45) is -3.88. The molecule has 234 valence electrons. The molecule has 4 aromatic rings. The van der Waals surface area contributed by atoms with Gasteiger partial charge in [-0.25, -0.2) is 9.64 Å². The van der Waals surface area contributed by atoms with Gasteiger partial charge in [0.2, 0.25) is 0 Å². The van der Waals surface area contributed by atoms with Crippen molar-refractivity contribution in [2.24, 2.45) is 0 Å². The van der Waals surface area contributed by atoms with Gasteiger partial charge in [-0.3, -0.25) is 33.3 Å². The first-order valence-corrected chi connectivity index (χ1v) is 14.7. The molecule has 2 aliphatic heterocycles. The lowest BCUT2D eigenvalue weighted by atomic mass is 10.0. The quantitative estimate of drug-likeness (QED) is 0.206. The molecular weight excluding hydrogens is 599 g/mol. The van der Waals surface area contributed by atoms with Crippen molar-refractivity contribution >= 4 is 17.5 Å². The van der Waals surface area contributed by atoms with Crippen molar-refractivity contribution in [3.63, 3.8) is 0 Å². The number of aromatic nitrogens is 2. The molecule has 0 saturated carbocycles. The summed E-state index contributed by atoms with van der Waals surface area (Å²) in [7, 11) is 0. The molecule has 0 unspecified atom stereocenters. The van der Waals surface area contributed by atoms with Crippen molar-refractivity contribution in [3.8, 4) is 0 Å². The first-order chi connectivity index (χ1) is 22.0. The van der Waals surface area contributed by atoms with Crippen LogP contribution in [-0.4, -0.2) is 43.8 Å². The van der Waals surface area contributed by atoms with Crippen LogP contribution in [0, 0.1) is 6.57 Å². The zero-order valence-corrected chi connectivity index (χ0v) is 24.6. The Kier molecular flexibility index (Phi) is 8.19. The highest BCUT2D eigenvalue weighted by Crippen LogP contribution is 2.29. The Morgan fingerprint density at radius 2 is 1.48 bits per heavy atom. The summed E-state index contributed by atoms with van der Waals surface area (Å²) >= 11 is 0. The van der Waals surface area contributed by atoms with E-state index in [1.807, 2.05) is 11.0 Å². The molecule has 6 rings (SSSR count). The van der Waals surface area contributed by atoms with E-state index < -0.39 is 34.8 Å². The summed E-state index contributed by atoms with van der Waals surface area (Å²) in [4.78, 5) is 60.0. The van der Waals surface area contributed by atoms with Crippen molar-refractivity contribution in [1.29, 1.82) is 0 Å². The summed E-state index contributed by atoms with van der Waals surface area (Å²) in [6.45, 7) is 8.48. The third-order valence-electron chi connectivity index (χ3n) is 8.40. The number of halogens is 3. The van der Waals surface area contributed by atoms with Gasteiger partial charge in [0, 0.05) is 44.8 Å². The number of fused-ring (bicyclic) bond motifs is 2. The number of hydrogen-bond donors (Lipinski definition) is 0. The zero-order valence-electron chi connectivity index (χ0n) is 24.6. The smallest absolute Gasteiger partial charge is 0.297 e. The van der Waals surface area contributed by atoms with Crippen LogP contribution in [0.25, 0.3) is 4.85 Å². The van der Waals surface area contributed by atoms with Gasteiger partial charge in [-0.05, 0) is 41.8 Å². The largest absolute Gasteiger partial charge is 0.416 e. The van der Waals surface area contributed by atoms with Gasteiger partial charge in [-0.1, -0.05) is 48.5 Å². The summed E-state index contributed by atoms with van der Waals surface area (Å²) in [5.74, 6) is -0.805. The number of benzene rings is 3. The Hall–Kier alpha value is -5.28. The average molecular weight is 628 g/mol. The number of rotatable bonds is 8. The molecule has 2 amide bonds. The third-order valence-corrected chi connectivity index (χ3v) is 8.40. The monoisotopic (exact) mass is 627 g/mol. The van der Waals surface area contributed by atoms with Crippen LogP contribution in [0.4, 0.5) is 18.9 Å². The van der Waals surface area contributed by atoms with Crippen molar-refractivity contribution in [3.05, 3.63) is 144 Å². The van der Waals surface area contributed by atoms with Crippen molar-refractivity contribution < 1.29 is 22.8 Å². The molecule has 9 nitrogen and oxygen atoms in total. The Morgan fingerprint density at radius 3 is 2.13 bits per heavy atom. The topological polar surface area (TPSA) is 89.0 Å². The van der Waals surface area contributed by atoms with E-state index in [1.54, 1.807) is 42.5 Å². The van der Waals surface area contributed by atoms with Crippen LogP contribution in [0.2, 0.25) is 0 Å². The highest BCUT2D eigenvalue weighted by molar-refractivity contribution is 6.21.